The topological polar surface area (TPSA) is 60.2 Å². The first-order valence-electron chi connectivity index (χ1n) is 6.79. The zero-order valence-electron chi connectivity index (χ0n) is 12.1. The van der Waals surface area contributed by atoms with Gasteiger partial charge in [-0.3, -0.25) is 0 Å². The molecule has 0 aliphatic carbocycles. The maximum Gasteiger partial charge on any atom is 0.227 e. The molecule has 2 heterocycles. The molecule has 0 unspecified atom stereocenters. The number of hydrogen-bond acceptors (Lipinski definition) is 5. The summed E-state index contributed by atoms with van der Waals surface area (Å²) in [5.74, 6) is 2.12. The average Bonchev–Trinajstić information content (AvgIpc) is 3.08. The van der Waals surface area contributed by atoms with E-state index in [1.807, 2.05) is 54.6 Å². The molecule has 22 heavy (non-hydrogen) atoms. The van der Waals surface area contributed by atoms with E-state index in [9.17, 15) is 0 Å². The normalized spacial score (nSPS) is 10.8. The number of ether oxygens (including phenoxy) is 1. The van der Waals surface area contributed by atoms with E-state index in [0.29, 0.717) is 5.95 Å². The molecule has 3 aromatic rings. The standard InChI is InChI=1S/C17H15N3O2/c1-21-15-7-4-13(5-8-15)19-17-18-11-10-14(20-17)6-9-16-3-2-12-22-16/h2-12H,1H3,(H,18,19,20)/b9-6+. The van der Waals surface area contributed by atoms with Crippen LogP contribution >= 0.6 is 0 Å². The molecule has 0 saturated carbocycles. The van der Waals surface area contributed by atoms with Gasteiger partial charge in [0.05, 0.1) is 19.1 Å². The van der Waals surface area contributed by atoms with Crippen molar-refractivity contribution in [3.8, 4) is 5.75 Å². The SMILES string of the molecule is COc1ccc(Nc2nccc(/C=C/c3ccco3)n2)cc1. The van der Waals surface area contributed by atoms with Crippen molar-refractivity contribution >= 4 is 23.8 Å². The predicted octanol–water partition coefficient (Wildman–Crippen LogP) is 3.99. The maximum absolute atomic E-state index is 5.25. The molecule has 0 bridgehead atoms. The first-order chi connectivity index (χ1) is 10.8. The largest absolute Gasteiger partial charge is 0.497 e. The van der Waals surface area contributed by atoms with Crippen molar-refractivity contribution in [2.24, 2.45) is 0 Å². The summed E-state index contributed by atoms with van der Waals surface area (Å²) < 4.78 is 10.4. The molecule has 0 saturated heterocycles. The van der Waals surface area contributed by atoms with Gasteiger partial charge in [0.15, 0.2) is 0 Å². The van der Waals surface area contributed by atoms with Gasteiger partial charge in [0.2, 0.25) is 5.95 Å². The van der Waals surface area contributed by atoms with Crippen molar-refractivity contribution < 1.29 is 9.15 Å². The Morgan fingerprint density at radius 2 is 1.95 bits per heavy atom. The Morgan fingerprint density at radius 3 is 2.68 bits per heavy atom. The van der Waals surface area contributed by atoms with Crippen LogP contribution in [0.5, 0.6) is 5.75 Å². The summed E-state index contributed by atoms with van der Waals surface area (Å²) >= 11 is 0. The van der Waals surface area contributed by atoms with Crippen molar-refractivity contribution in [2.75, 3.05) is 12.4 Å². The lowest BCUT2D eigenvalue weighted by Crippen LogP contribution is -1.97. The molecule has 2 aromatic heterocycles. The van der Waals surface area contributed by atoms with E-state index in [1.165, 1.54) is 0 Å². The Balaban J connectivity index is 1.73. The van der Waals surface area contributed by atoms with Gasteiger partial charge in [0, 0.05) is 11.9 Å². The summed E-state index contributed by atoms with van der Waals surface area (Å²) in [6, 6.07) is 13.1. The lowest BCUT2D eigenvalue weighted by molar-refractivity contribution is 0.415. The molecule has 0 radical (unpaired) electrons. The second-order valence-electron chi connectivity index (χ2n) is 4.51. The third-order valence-electron chi connectivity index (χ3n) is 2.98. The second kappa shape index (κ2) is 6.58. The number of benzene rings is 1. The molecule has 0 aliphatic rings. The minimum Gasteiger partial charge on any atom is -0.497 e. The number of rotatable bonds is 5. The number of aromatic nitrogens is 2. The highest BCUT2D eigenvalue weighted by atomic mass is 16.5. The third kappa shape index (κ3) is 3.52. The number of nitrogens with one attached hydrogen (secondary N) is 1. The first kappa shape index (κ1) is 13.9. The maximum atomic E-state index is 5.25. The summed E-state index contributed by atoms with van der Waals surface area (Å²) in [5.41, 5.74) is 1.69. The molecule has 1 N–H and O–H groups in total. The van der Waals surface area contributed by atoms with Crippen LogP contribution in [0.4, 0.5) is 11.6 Å². The van der Waals surface area contributed by atoms with Gasteiger partial charge in [-0.05, 0) is 54.6 Å². The van der Waals surface area contributed by atoms with Crippen LogP contribution in [0.25, 0.3) is 12.2 Å². The van der Waals surface area contributed by atoms with Crippen LogP contribution in [-0.4, -0.2) is 17.1 Å². The molecule has 5 nitrogen and oxygen atoms in total. The zero-order valence-corrected chi connectivity index (χ0v) is 12.1. The molecular weight excluding hydrogens is 278 g/mol. The molecule has 0 atom stereocenters. The zero-order chi connectivity index (χ0) is 15.2. The summed E-state index contributed by atoms with van der Waals surface area (Å²) in [6.45, 7) is 0. The molecule has 3 rings (SSSR count). The van der Waals surface area contributed by atoms with Gasteiger partial charge >= 0.3 is 0 Å². The highest BCUT2D eigenvalue weighted by Gasteiger charge is 1.99. The van der Waals surface area contributed by atoms with Crippen LogP contribution in [0.3, 0.4) is 0 Å². The lowest BCUT2D eigenvalue weighted by Gasteiger charge is -2.06. The summed E-state index contributed by atoms with van der Waals surface area (Å²) in [7, 11) is 1.64. The molecule has 5 heteroatoms. The van der Waals surface area contributed by atoms with Crippen LogP contribution in [0.1, 0.15) is 11.5 Å². The van der Waals surface area contributed by atoms with E-state index in [4.69, 9.17) is 9.15 Å². The second-order valence-corrected chi connectivity index (χ2v) is 4.51. The smallest absolute Gasteiger partial charge is 0.227 e. The number of furan rings is 1. The first-order valence-corrected chi connectivity index (χ1v) is 6.79. The van der Waals surface area contributed by atoms with E-state index < -0.39 is 0 Å². The van der Waals surface area contributed by atoms with E-state index >= 15 is 0 Å². The lowest BCUT2D eigenvalue weighted by atomic mass is 10.3. The van der Waals surface area contributed by atoms with Crippen molar-refractivity contribution in [3.05, 3.63) is 66.4 Å². The Hall–Kier alpha value is -3.08. The fourth-order valence-corrected chi connectivity index (χ4v) is 1.88. The van der Waals surface area contributed by atoms with Gasteiger partial charge in [-0.2, -0.15) is 0 Å². The third-order valence-corrected chi connectivity index (χ3v) is 2.98. The molecule has 1 aromatic carbocycles. The van der Waals surface area contributed by atoms with Crippen molar-refractivity contribution in [1.82, 2.24) is 9.97 Å². The highest BCUT2D eigenvalue weighted by Crippen LogP contribution is 2.18. The van der Waals surface area contributed by atoms with Gasteiger partial charge in [-0.15, -0.1) is 0 Å². The van der Waals surface area contributed by atoms with Crippen LogP contribution < -0.4 is 10.1 Å². The van der Waals surface area contributed by atoms with Gasteiger partial charge < -0.3 is 14.5 Å². The summed E-state index contributed by atoms with van der Waals surface area (Å²) in [6.07, 6.45) is 7.08. The Bertz CT molecular complexity index is 750. The number of anilines is 2. The van der Waals surface area contributed by atoms with Gasteiger partial charge in [0.1, 0.15) is 11.5 Å². The van der Waals surface area contributed by atoms with Gasteiger partial charge in [0.25, 0.3) is 0 Å². The van der Waals surface area contributed by atoms with Crippen molar-refractivity contribution in [2.45, 2.75) is 0 Å². The van der Waals surface area contributed by atoms with E-state index in [-0.39, 0.29) is 0 Å². The van der Waals surface area contributed by atoms with Crippen LogP contribution in [-0.2, 0) is 0 Å². The molecule has 0 spiro atoms. The number of nitrogens with zero attached hydrogens (tertiary/aromatic N) is 2. The Labute approximate surface area is 128 Å². The monoisotopic (exact) mass is 293 g/mol. The minimum absolute atomic E-state index is 0.534. The van der Waals surface area contributed by atoms with E-state index in [2.05, 4.69) is 15.3 Å². The predicted molar refractivity (Wildman–Crippen MR) is 85.9 cm³/mol. The summed E-state index contributed by atoms with van der Waals surface area (Å²) in [5, 5.41) is 3.15. The average molecular weight is 293 g/mol. The Morgan fingerprint density at radius 1 is 1.09 bits per heavy atom. The summed E-state index contributed by atoms with van der Waals surface area (Å²) in [4.78, 5) is 8.64. The van der Waals surface area contributed by atoms with Crippen LogP contribution in [0.15, 0.2) is 59.3 Å². The molecule has 110 valence electrons. The molecular formula is C17H15N3O2. The number of hydrogen-bond donors (Lipinski definition) is 1. The Kier molecular flexibility index (Phi) is 4.15. The quantitative estimate of drug-likeness (QED) is 0.770. The number of methoxy groups -OCH3 is 1. The molecule has 0 aliphatic heterocycles. The van der Waals surface area contributed by atoms with E-state index in [0.717, 1.165) is 22.9 Å². The van der Waals surface area contributed by atoms with Gasteiger partial charge in [-0.1, -0.05) is 0 Å². The fraction of sp³-hybridized carbons (Fsp3) is 0.0588. The minimum atomic E-state index is 0.534. The van der Waals surface area contributed by atoms with Crippen LogP contribution in [0.2, 0.25) is 0 Å². The van der Waals surface area contributed by atoms with E-state index in [1.54, 1.807) is 19.6 Å². The fourth-order valence-electron chi connectivity index (χ4n) is 1.88. The van der Waals surface area contributed by atoms with Crippen LogP contribution in [0, 0.1) is 0 Å². The van der Waals surface area contributed by atoms with Crippen molar-refractivity contribution in [3.63, 3.8) is 0 Å². The van der Waals surface area contributed by atoms with Gasteiger partial charge in [-0.25, -0.2) is 9.97 Å². The molecule has 0 fully saturated rings. The highest BCUT2D eigenvalue weighted by molar-refractivity contribution is 5.66. The van der Waals surface area contributed by atoms with Crippen molar-refractivity contribution in [1.29, 1.82) is 0 Å². The molecule has 0 amide bonds.